The third-order valence-corrected chi connectivity index (χ3v) is 3.13. The van der Waals surface area contributed by atoms with Crippen LogP contribution < -0.4 is 11.1 Å². The van der Waals surface area contributed by atoms with Crippen LogP contribution in [-0.2, 0) is 11.2 Å². The van der Waals surface area contributed by atoms with Gasteiger partial charge >= 0.3 is 0 Å². The van der Waals surface area contributed by atoms with Crippen molar-refractivity contribution >= 4 is 11.6 Å². The lowest BCUT2D eigenvalue weighted by Gasteiger charge is -2.13. The summed E-state index contributed by atoms with van der Waals surface area (Å²) < 4.78 is 26.5. The van der Waals surface area contributed by atoms with E-state index in [4.69, 9.17) is 5.73 Å². The Hall–Kier alpha value is -2.27. The van der Waals surface area contributed by atoms with Gasteiger partial charge in [-0.25, -0.2) is 8.78 Å². The molecule has 0 heterocycles. The van der Waals surface area contributed by atoms with Gasteiger partial charge in [0.2, 0.25) is 5.91 Å². The van der Waals surface area contributed by atoms with Crippen molar-refractivity contribution in [2.45, 2.75) is 18.9 Å². The Balaban J connectivity index is 1.92. The minimum atomic E-state index is -1.08. The largest absolute Gasteiger partial charge is 0.322 e. The highest BCUT2D eigenvalue weighted by Crippen LogP contribution is 2.17. The smallest absolute Gasteiger partial charge is 0.241 e. The highest BCUT2D eigenvalue weighted by Gasteiger charge is 2.16. The van der Waals surface area contributed by atoms with E-state index < -0.39 is 23.6 Å². The molecule has 2 rings (SSSR count). The standard InChI is InChI=1S/C16H16F2N2O/c17-12-7-4-8-14(15(12)18)20-16(21)13(19)10-9-11-5-2-1-3-6-11/h1-8,13H,9-10,19H2,(H,20,21). The number of aryl methyl sites for hydroxylation is 1. The summed E-state index contributed by atoms with van der Waals surface area (Å²) >= 11 is 0. The lowest BCUT2D eigenvalue weighted by Crippen LogP contribution is -2.36. The predicted molar refractivity (Wildman–Crippen MR) is 77.7 cm³/mol. The van der Waals surface area contributed by atoms with E-state index in [-0.39, 0.29) is 5.69 Å². The van der Waals surface area contributed by atoms with Crippen molar-refractivity contribution in [2.75, 3.05) is 5.32 Å². The summed E-state index contributed by atoms with van der Waals surface area (Å²) in [6.07, 6.45) is 1.06. The van der Waals surface area contributed by atoms with Crippen LogP contribution in [0.5, 0.6) is 0 Å². The molecule has 0 aliphatic rings. The highest BCUT2D eigenvalue weighted by atomic mass is 19.2. The van der Waals surface area contributed by atoms with E-state index in [0.717, 1.165) is 11.6 Å². The summed E-state index contributed by atoms with van der Waals surface area (Å²) in [5.41, 5.74) is 6.64. The second-order valence-electron chi connectivity index (χ2n) is 4.72. The highest BCUT2D eigenvalue weighted by molar-refractivity contribution is 5.94. The van der Waals surface area contributed by atoms with Crippen molar-refractivity contribution in [1.82, 2.24) is 0 Å². The number of hydrogen-bond acceptors (Lipinski definition) is 2. The SMILES string of the molecule is NC(CCc1ccccc1)C(=O)Nc1cccc(F)c1F. The summed E-state index contributed by atoms with van der Waals surface area (Å²) in [5, 5.41) is 2.31. The molecule has 110 valence electrons. The molecule has 0 saturated heterocycles. The predicted octanol–water partition coefficient (Wildman–Crippen LogP) is 2.86. The molecule has 2 aromatic rings. The molecule has 0 aliphatic carbocycles. The van der Waals surface area contributed by atoms with E-state index in [1.165, 1.54) is 12.1 Å². The Morgan fingerprint density at radius 1 is 1.10 bits per heavy atom. The van der Waals surface area contributed by atoms with Crippen LogP contribution >= 0.6 is 0 Å². The van der Waals surface area contributed by atoms with Gasteiger partial charge in [0.1, 0.15) is 0 Å². The molecule has 0 aliphatic heterocycles. The molecule has 0 aromatic heterocycles. The van der Waals surface area contributed by atoms with E-state index in [1.54, 1.807) is 0 Å². The zero-order chi connectivity index (χ0) is 15.2. The number of nitrogens with one attached hydrogen (secondary N) is 1. The topological polar surface area (TPSA) is 55.1 Å². The first-order valence-electron chi connectivity index (χ1n) is 6.62. The first-order chi connectivity index (χ1) is 10.1. The average molecular weight is 290 g/mol. The first kappa shape index (κ1) is 15.1. The summed E-state index contributed by atoms with van der Waals surface area (Å²) in [6, 6.07) is 12.4. The Labute approximate surface area is 121 Å². The number of anilines is 1. The number of amides is 1. The summed E-state index contributed by atoms with van der Waals surface area (Å²) in [5.74, 6) is -2.62. The van der Waals surface area contributed by atoms with Gasteiger partial charge in [-0.3, -0.25) is 4.79 Å². The van der Waals surface area contributed by atoms with Crippen LogP contribution in [0.1, 0.15) is 12.0 Å². The minimum absolute atomic E-state index is 0.199. The van der Waals surface area contributed by atoms with E-state index in [1.807, 2.05) is 30.3 Å². The molecule has 21 heavy (non-hydrogen) atoms. The number of carbonyl (C=O) groups is 1. The fourth-order valence-corrected chi connectivity index (χ4v) is 1.92. The summed E-state index contributed by atoms with van der Waals surface area (Å²) in [4.78, 5) is 11.9. The fraction of sp³-hybridized carbons (Fsp3) is 0.188. The molecule has 0 spiro atoms. The van der Waals surface area contributed by atoms with Gasteiger partial charge in [0, 0.05) is 0 Å². The van der Waals surface area contributed by atoms with Gasteiger partial charge in [0.15, 0.2) is 11.6 Å². The first-order valence-corrected chi connectivity index (χ1v) is 6.62. The lowest BCUT2D eigenvalue weighted by atomic mass is 10.1. The van der Waals surface area contributed by atoms with Crippen LogP contribution in [0.3, 0.4) is 0 Å². The van der Waals surface area contributed by atoms with Crippen molar-refractivity contribution in [1.29, 1.82) is 0 Å². The molecule has 3 N–H and O–H groups in total. The Morgan fingerprint density at radius 2 is 1.81 bits per heavy atom. The monoisotopic (exact) mass is 290 g/mol. The maximum absolute atomic E-state index is 13.4. The van der Waals surface area contributed by atoms with Crippen molar-refractivity contribution in [3.63, 3.8) is 0 Å². The Bertz CT molecular complexity index is 617. The number of nitrogens with two attached hydrogens (primary N) is 1. The fourth-order valence-electron chi connectivity index (χ4n) is 1.92. The maximum atomic E-state index is 13.4. The van der Waals surface area contributed by atoms with Crippen LogP contribution in [0.4, 0.5) is 14.5 Å². The normalized spacial score (nSPS) is 12.0. The summed E-state index contributed by atoms with van der Waals surface area (Å²) in [7, 11) is 0. The quantitative estimate of drug-likeness (QED) is 0.889. The van der Waals surface area contributed by atoms with E-state index in [9.17, 15) is 13.6 Å². The van der Waals surface area contributed by atoms with E-state index in [0.29, 0.717) is 12.8 Å². The number of hydrogen-bond donors (Lipinski definition) is 2. The lowest BCUT2D eigenvalue weighted by molar-refractivity contribution is -0.117. The molecule has 3 nitrogen and oxygen atoms in total. The zero-order valence-electron chi connectivity index (χ0n) is 11.4. The second-order valence-corrected chi connectivity index (χ2v) is 4.72. The van der Waals surface area contributed by atoms with Gasteiger partial charge in [-0.1, -0.05) is 36.4 Å². The van der Waals surface area contributed by atoms with Gasteiger partial charge in [-0.2, -0.15) is 0 Å². The maximum Gasteiger partial charge on any atom is 0.241 e. The van der Waals surface area contributed by atoms with Crippen LogP contribution in [0.2, 0.25) is 0 Å². The van der Waals surface area contributed by atoms with Crippen molar-refractivity contribution in [3.05, 3.63) is 65.7 Å². The molecule has 2 aromatic carbocycles. The number of carbonyl (C=O) groups excluding carboxylic acids is 1. The minimum Gasteiger partial charge on any atom is -0.322 e. The number of rotatable bonds is 5. The molecular formula is C16H16F2N2O. The molecule has 0 saturated carbocycles. The van der Waals surface area contributed by atoms with Gasteiger partial charge in [-0.05, 0) is 30.5 Å². The van der Waals surface area contributed by atoms with E-state index in [2.05, 4.69) is 5.32 Å². The van der Waals surface area contributed by atoms with Gasteiger partial charge in [0.25, 0.3) is 0 Å². The van der Waals surface area contributed by atoms with Crippen molar-refractivity contribution in [3.8, 4) is 0 Å². The van der Waals surface area contributed by atoms with Crippen LogP contribution in [-0.4, -0.2) is 11.9 Å². The van der Waals surface area contributed by atoms with Crippen molar-refractivity contribution in [2.24, 2.45) is 5.73 Å². The van der Waals surface area contributed by atoms with E-state index >= 15 is 0 Å². The third-order valence-electron chi connectivity index (χ3n) is 3.13. The second kappa shape index (κ2) is 6.95. The Morgan fingerprint density at radius 3 is 2.52 bits per heavy atom. The number of halogens is 2. The molecule has 0 radical (unpaired) electrons. The van der Waals surface area contributed by atoms with Gasteiger partial charge < -0.3 is 11.1 Å². The molecule has 5 heteroatoms. The van der Waals surface area contributed by atoms with Gasteiger partial charge in [-0.15, -0.1) is 0 Å². The molecule has 0 bridgehead atoms. The molecule has 0 fully saturated rings. The number of benzene rings is 2. The van der Waals surface area contributed by atoms with Crippen LogP contribution in [0, 0.1) is 11.6 Å². The molecule has 1 atom stereocenters. The molecular weight excluding hydrogens is 274 g/mol. The Kier molecular flexibility index (Phi) is 5.00. The van der Waals surface area contributed by atoms with Crippen LogP contribution in [0.25, 0.3) is 0 Å². The summed E-state index contributed by atoms with van der Waals surface area (Å²) in [6.45, 7) is 0. The van der Waals surface area contributed by atoms with Crippen LogP contribution in [0.15, 0.2) is 48.5 Å². The molecule has 1 amide bonds. The third kappa shape index (κ3) is 4.10. The van der Waals surface area contributed by atoms with Crippen molar-refractivity contribution < 1.29 is 13.6 Å². The molecule has 1 unspecified atom stereocenters. The van der Waals surface area contributed by atoms with Gasteiger partial charge in [0.05, 0.1) is 11.7 Å². The zero-order valence-corrected chi connectivity index (χ0v) is 11.4. The average Bonchev–Trinajstić information content (AvgIpc) is 2.50.